The minimum atomic E-state index is -0.724. The number of piperazine rings is 1. The van der Waals surface area contributed by atoms with E-state index in [1.807, 2.05) is 17.8 Å². The lowest BCUT2D eigenvalue weighted by Crippen LogP contribution is -2.48. The van der Waals surface area contributed by atoms with E-state index in [1.165, 1.54) is 20.9 Å². The Kier molecular flexibility index (Phi) is 5.74. The summed E-state index contributed by atoms with van der Waals surface area (Å²) in [5.41, 5.74) is 2.69. The van der Waals surface area contributed by atoms with Crippen LogP contribution in [0.5, 0.6) is 0 Å². The quantitative estimate of drug-likeness (QED) is 0.831. The lowest BCUT2D eigenvalue weighted by Gasteiger charge is -2.39. The second-order valence-electron chi connectivity index (χ2n) is 7.13. The number of carboxylic acids is 1. The SMILES string of the molecule is O=C(O)CCN1CCN(C2Cc3ccccc3Sc3ccc(Cl)cc32)CC1. The molecule has 0 amide bonds. The highest BCUT2D eigenvalue weighted by Crippen LogP contribution is 2.43. The highest BCUT2D eigenvalue weighted by molar-refractivity contribution is 7.99. The second-order valence-corrected chi connectivity index (χ2v) is 8.65. The van der Waals surface area contributed by atoms with Gasteiger partial charge in [-0.15, -0.1) is 0 Å². The molecule has 2 heterocycles. The Morgan fingerprint density at radius 2 is 1.89 bits per heavy atom. The number of hydrogen-bond donors (Lipinski definition) is 1. The predicted molar refractivity (Wildman–Crippen MR) is 109 cm³/mol. The molecule has 0 saturated carbocycles. The second kappa shape index (κ2) is 8.23. The van der Waals surface area contributed by atoms with Gasteiger partial charge >= 0.3 is 5.97 Å². The van der Waals surface area contributed by atoms with Gasteiger partial charge in [0.15, 0.2) is 0 Å². The number of halogens is 1. The Bertz CT molecular complexity index is 837. The van der Waals surface area contributed by atoms with Gasteiger partial charge in [0, 0.05) is 53.6 Å². The van der Waals surface area contributed by atoms with Gasteiger partial charge in [-0.05, 0) is 41.8 Å². The summed E-state index contributed by atoms with van der Waals surface area (Å²) in [6.07, 6.45) is 1.19. The molecule has 0 bridgehead atoms. The normalized spacial score (nSPS) is 20.6. The van der Waals surface area contributed by atoms with Crippen LogP contribution in [0.1, 0.15) is 23.6 Å². The summed E-state index contributed by atoms with van der Waals surface area (Å²) < 4.78 is 0. The van der Waals surface area contributed by atoms with E-state index in [1.54, 1.807) is 0 Å². The third-order valence-corrected chi connectivity index (χ3v) is 6.87. The number of carboxylic acid groups (broad SMARTS) is 1. The van der Waals surface area contributed by atoms with Crippen molar-refractivity contribution < 1.29 is 9.90 Å². The van der Waals surface area contributed by atoms with E-state index in [2.05, 4.69) is 46.2 Å². The van der Waals surface area contributed by atoms with Gasteiger partial charge in [-0.1, -0.05) is 41.6 Å². The first kappa shape index (κ1) is 18.8. The molecule has 0 radical (unpaired) electrons. The van der Waals surface area contributed by atoms with Gasteiger partial charge < -0.3 is 10.0 Å². The van der Waals surface area contributed by atoms with Crippen LogP contribution in [0.15, 0.2) is 52.3 Å². The van der Waals surface area contributed by atoms with Crippen molar-refractivity contribution in [1.29, 1.82) is 0 Å². The van der Waals surface area contributed by atoms with Crippen LogP contribution in [0.2, 0.25) is 5.02 Å². The molecule has 1 saturated heterocycles. The van der Waals surface area contributed by atoms with Gasteiger partial charge in [0.05, 0.1) is 6.42 Å². The maximum Gasteiger partial charge on any atom is 0.304 e. The van der Waals surface area contributed by atoms with Crippen LogP contribution in [-0.4, -0.2) is 53.6 Å². The molecule has 142 valence electrons. The van der Waals surface area contributed by atoms with Crippen molar-refractivity contribution in [3.05, 3.63) is 58.6 Å². The van der Waals surface area contributed by atoms with Crippen LogP contribution in [0, 0.1) is 0 Å². The topological polar surface area (TPSA) is 43.8 Å². The van der Waals surface area contributed by atoms with Gasteiger partial charge in [-0.3, -0.25) is 9.69 Å². The minimum absolute atomic E-state index is 0.214. The van der Waals surface area contributed by atoms with Gasteiger partial charge in [0.2, 0.25) is 0 Å². The summed E-state index contributed by atoms with van der Waals surface area (Å²) in [5.74, 6) is -0.724. The van der Waals surface area contributed by atoms with E-state index in [4.69, 9.17) is 16.7 Å². The summed E-state index contributed by atoms with van der Waals surface area (Å²) in [7, 11) is 0. The number of carbonyl (C=O) groups is 1. The van der Waals surface area contributed by atoms with E-state index >= 15 is 0 Å². The number of rotatable bonds is 4. The van der Waals surface area contributed by atoms with E-state index in [0.717, 1.165) is 37.6 Å². The summed E-state index contributed by atoms with van der Waals surface area (Å²) in [6, 6.07) is 15.2. The largest absolute Gasteiger partial charge is 0.481 e. The fraction of sp³-hybridized carbons (Fsp3) is 0.381. The number of hydrogen-bond acceptors (Lipinski definition) is 4. The van der Waals surface area contributed by atoms with E-state index in [9.17, 15) is 4.79 Å². The van der Waals surface area contributed by atoms with Crippen LogP contribution >= 0.6 is 23.4 Å². The van der Waals surface area contributed by atoms with Crippen molar-refractivity contribution >= 4 is 29.3 Å². The first-order valence-corrected chi connectivity index (χ1v) is 10.5. The van der Waals surface area contributed by atoms with E-state index in [-0.39, 0.29) is 6.42 Å². The van der Waals surface area contributed by atoms with Gasteiger partial charge in [-0.25, -0.2) is 0 Å². The maximum atomic E-state index is 10.8. The van der Waals surface area contributed by atoms with Gasteiger partial charge in [0.25, 0.3) is 0 Å². The molecule has 2 aliphatic heterocycles. The number of aliphatic carboxylic acids is 1. The van der Waals surface area contributed by atoms with Crippen LogP contribution in [0.3, 0.4) is 0 Å². The zero-order valence-corrected chi connectivity index (χ0v) is 16.7. The number of fused-ring (bicyclic) bond motifs is 2. The Morgan fingerprint density at radius 3 is 2.67 bits per heavy atom. The molecule has 4 rings (SSSR count). The molecule has 1 N–H and O–H groups in total. The van der Waals surface area contributed by atoms with Crippen molar-refractivity contribution in [1.82, 2.24) is 9.80 Å². The lowest BCUT2D eigenvalue weighted by molar-refractivity contribution is -0.137. The van der Waals surface area contributed by atoms with Crippen molar-refractivity contribution in [2.24, 2.45) is 0 Å². The molecule has 27 heavy (non-hydrogen) atoms. The Labute approximate surface area is 169 Å². The summed E-state index contributed by atoms with van der Waals surface area (Å²) in [6.45, 7) is 4.35. The predicted octanol–water partition coefficient (Wildman–Crippen LogP) is 4.18. The molecule has 2 aliphatic rings. The summed E-state index contributed by atoms with van der Waals surface area (Å²) in [5, 5.41) is 9.69. The smallest absolute Gasteiger partial charge is 0.304 e. The Balaban J connectivity index is 1.57. The molecular formula is C21H23ClN2O2S. The molecule has 2 aromatic carbocycles. The third kappa shape index (κ3) is 4.32. The van der Waals surface area contributed by atoms with E-state index < -0.39 is 5.97 Å². The number of nitrogens with zero attached hydrogens (tertiary/aromatic N) is 2. The maximum absolute atomic E-state index is 10.8. The highest BCUT2D eigenvalue weighted by atomic mass is 35.5. The molecular weight excluding hydrogens is 380 g/mol. The summed E-state index contributed by atoms with van der Waals surface area (Å²) >= 11 is 8.18. The first-order valence-electron chi connectivity index (χ1n) is 9.33. The Morgan fingerprint density at radius 1 is 1.11 bits per heavy atom. The summed E-state index contributed by atoms with van der Waals surface area (Å²) in [4.78, 5) is 18.2. The van der Waals surface area contributed by atoms with Crippen molar-refractivity contribution in [3.8, 4) is 0 Å². The molecule has 1 unspecified atom stereocenters. The molecule has 0 aromatic heterocycles. The zero-order chi connectivity index (χ0) is 18.8. The minimum Gasteiger partial charge on any atom is -0.481 e. The molecule has 0 aliphatic carbocycles. The highest BCUT2D eigenvalue weighted by Gasteiger charge is 2.30. The fourth-order valence-electron chi connectivity index (χ4n) is 3.96. The third-order valence-electron chi connectivity index (χ3n) is 5.43. The molecule has 4 nitrogen and oxygen atoms in total. The van der Waals surface area contributed by atoms with Crippen molar-refractivity contribution in [2.75, 3.05) is 32.7 Å². The monoisotopic (exact) mass is 402 g/mol. The molecule has 0 spiro atoms. The van der Waals surface area contributed by atoms with Crippen LogP contribution in [0.4, 0.5) is 0 Å². The fourth-order valence-corrected chi connectivity index (χ4v) is 5.26. The van der Waals surface area contributed by atoms with Gasteiger partial charge in [0.1, 0.15) is 0 Å². The number of benzene rings is 2. The average Bonchev–Trinajstić information content (AvgIpc) is 2.83. The zero-order valence-electron chi connectivity index (χ0n) is 15.1. The standard InChI is InChI=1S/C21H23ClN2O2S/c22-16-5-6-20-17(14-16)18(13-15-3-1-2-4-19(15)27-20)24-11-9-23(10-12-24)8-7-21(25)26/h1-6,14,18H,7-13H2,(H,25,26). The molecule has 1 atom stereocenters. The first-order chi connectivity index (χ1) is 13.1. The Hall–Kier alpha value is -1.53. The average molecular weight is 403 g/mol. The van der Waals surface area contributed by atoms with E-state index in [0.29, 0.717) is 12.6 Å². The van der Waals surface area contributed by atoms with Crippen LogP contribution < -0.4 is 0 Å². The van der Waals surface area contributed by atoms with Crippen LogP contribution in [0.25, 0.3) is 0 Å². The van der Waals surface area contributed by atoms with Crippen LogP contribution in [-0.2, 0) is 11.2 Å². The van der Waals surface area contributed by atoms with Gasteiger partial charge in [-0.2, -0.15) is 0 Å². The lowest BCUT2D eigenvalue weighted by atomic mass is 9.96. The van der Waals surface area contributed by atoms with Crippen molar-refractivity contribution in [2.45, 2.75) is 28.7 Å². The molecule has 6 heteroatoms. The molecule has 1 fully saturated rings. The van der Waals surface area contributed by atoms with Crippen molar-refractivity contribution in [3.63, 3.8) is 0 Å². The molecule has 2 aromatic rings.